The lowest BCUT2D eigenvalue weighted by atomic mass is 9.96. The normalized spacial score (nSPS) is 14.3. The van der Waals surface area contributed by atoms with Crippen molar-refractivity contribution in [3.8, 4) is 11.5 Å². The van der Waals surface area contributed by atoms with Gasteiger partial charge in [-0.05, 0) is 54.1 Å². The number of rotatable bonds is 6. The van der Waals surface area contributed by atoms with Crippen LogP contribution in [0.1, 0.15) is 28.8 Å². The fraction of sp³-hybridized carbons (Fsp3) is 0.250. The molecule has 0 spiro atoms. The van der Waals surface area contributed by atoms with Crippen LogP contribution in [0.5, 0.6) is 11.5 Å². The number of likely N-dealkylation sites (tertiary alicyclic amines) is 1. The van der Waals surface area contributed by atoms with Crippen LogP contribution in [0.15, 0.2) is 71.4 Å². The fourth-order valence-electron chi connectivity index (χ4n) is 3.43. The van der Waals surface area contributed by atoms with Gasteiger partial charge in [0.25, 0.3) is 5.91 Å². The van der Waals surface area contributed by atoms with Gasteiger partial charge in [0.15, 0.2) is 0 Å². The number of esters is 1. The van der Waals surface area contributed by atoms with E-state index >= 15 is 0 Å². The Morgan fingerprint density at radius 3 is 2.30 bits per heavy atom. The summed E-state index contributed by atoms with van der Waals surface area (Å²) in [7, 11) is 0. The lowest BCUT2D eigenvalue weighted by Crippen LogP contribution is -2.41. The molecule has 1 aromatic heterocycles. The highest BCUT2D eigenvalue weighted by Gasteiger charge is 2.29. The van der Waals surface area contributed by atoms with Crippen molar-refractivity contribution in [2.75, 3.05) is 13.1 Å². The standard InChI is InChI=1S/C24H23NO4S/c26-23(20-12-15-30-17-20)25-13-10-19(11-14-25)24(27)29-22-8-6-21(7-9-22)28-16-18-4-2-1-3-5-18/h1-9,12,15,17,19H,10-11,13-14,16H2. The molecule has 4 rings (SSSR count). The average Bonchev–Trinajstić information content (AvgIpc) is 3.34. The molecular formula is C24H23NO4S. The molecule has 0 atom stereocenters. The minimum Gasteiger partial charge on any atom is -0.489 e. The lowest BCUT2D eigenvalue weighted by Gasteiger charge is -2.30. The quantitative estimate of drug-likeness (QED) is 0.424. The summed E-state index contributed by atoms with van der Waals surface area (Å²) in [6.45, 7) is 1.63. The zero-order valence-corrected chi connectivity index (χ0v) is 17.3. The van der Waals surface area contributed by atoms with Crippen molar-refractivity contribution in [3.05, 3.63) is 82.6 Å². The van der Waals surface area contributed by atoms with E-state index in [0.717, 1.165) is 16.9 Å². The third-order valence-electron chi connectivity index (χ3n) is 5.17. The Kier molecular flexibility index (Phi) is 6.44. The summed E-state index contributed by atoms with van der Waals surface area (Å²) in [6.07, 6.45) is 1.24. The highest BCUT2D eigenvalue weighted by molar-refractivity contribution is 7.08. The van der Waals surface area contributed by atoms with E-state index in [4.69, 9.17) is 9.47 Å². The molecule has 5 nitrogen and oxygen atoms in total. The van der Waals surface area contributed by atoms with Crippen molar-refractivity contribution in [3.63, 3.8) is 0 Å². The van der Waals surface area contributed by atoms with Gasteiger partial charge >= 0.3 is 5.97 Å². The summed E-state index contributed by atoms with van der Waals surface area (Å²) in [5, 5.41) is 3.76. The smallest absolute Gasteiger partial charge is 0.314 e. The van der Waals surface area contributed by atoms with Crippen LogP contribution in [0, 0.1) is 5.92 Å². The largest absolute Gasteiger partial charge is 0.489 e. The number of ether oxygens (including phenoxy) is 2. The SMILES string of the molecule is O=C(Oc1ccc(OCc2ccccc2)cc1)C1CCN(C(=O)c2ccsc2)CC1. The summed E-state index contributed by atoms with van der Waals surface area (Å²) in [5.74, 6) is 0.832. The van der Waals surface area contributed by atoms with E-state index in [-0.39, 0.29) is 17.8 Å². The number of benzene rings is 2. The third kappa shape index (κ3) is 5.07. The van der Waals surface area contributed by atoms with Crippen LogP contribution in [0.4, 0.5) is 0 Å². The van der Waals surface area contributed by atoms with Gasteiger partial charge in [0, 0.05) is 18.5 Å². The molecule has 1 saturated heterocycles. The Balaban J connectivity index is 1.24. The molecule has 6 heteroatoms. The van der Waals surface area contributed by atoms with E-state index in [1.54, 1.807) is 24.3 Å². The van der Waals surface area contributed by atoms with Crippen LogP contribution >= 0.6 is 11.3 Å². The van der Waals surface area contributed by atoms with Crippen LogP contribution in [0.2, 0.25) is 0 Å². The maximum Gasteiger partial charge on any atom is 0.314 e. The summed E-state index contributed by atoms with van der Waals surface area (Å²) in [6, 6.07) is 18.9. The van der Waals surface area contributed by atoms with Crippen LogP contribution in [-0.2, 0) is 11.4 Å². The van der Waals surface area contributed by atoms with E-state index in [1.807, 2.05) is 52.1 Å². The Morgan fingerprint density at radius 1 is 0.933 bits per heavy atom. The molecule has 30 heavy (non-hydrogen) atoms. The Bertz CT molecular complexity index is 962. The molecular weight excluding hydrogens is 398 g/mol. The van der Waals surface area contributed by atoms with E-state index in [2.05, 4.69) is 0 Å². The fourth-order valence-corrected chi connectivity index (χ4v) is 4.06. The second kappa shape index (κ2) is 9.59. The Morgan fingerprint density at radius 2 is 1.63 bits per heavy atom. The number of nitrogens with zero attached hydrogens (tertiary/aromatic N) is 1. The average molecular weight is 422 g/mol. The topological polar surface area (TPSA) is 55.8 Å². The monoisotopic (exact) mass is 421 g/mol. The summed E-state index contributed by atoms with van der Waals surface area (Å²) in [4.78, 5) is 26.7. The second-order valence-electron chi connectivity index (χ2n) is 7.25. The maximum atomic E-state index is 12.5. The molecule has 0 unspecified atom stereocenters. The number of piperidine rings is 1. The molecule has 3 aromatic rings. The van der Waals surface area contributed by atoms with Gasteiger partial charge in [-0.25, -0.2) is 0 Å². The molecule has 0 N–H and O–H groups in total. The minimum atomic E-state index is -0.240. The zero-order valence-electron chi connectivity index (χ0n) is 16.5. The van der Waals surface area contributed by atoms with Gasteiger partial charge in [0.05, 0.1) is 11.5 Å². The number of hydrogen-bond acceptors (Lipinski definition) is 5. The third-order valence-corrected chi connectivity index (χ3v) is 5.86. The Labute approximate surface area is 179 Å². The van der Waals surface area contributed by atoms with Gasteiger partial charge in [-0.3, -0.25) is 9.59 Å². The Hall–Kier alpha value is -3.12. The molecule has 0 radical (unpaired) electrons. The van der Waals surface area contributed by atoms with Gasteiger partial charge in [0.1, 0.15) is 18.1 Å². The second-order valence-corrected chi connectivity index (χ2v) is 8.03. The minimum absolute atomic E-state index is 0.0363. The van der Waals surface area contributed by atoms with Crippen LogP contribution in [0.25, 0.3) is 0 Å². The molecule has 1 aliphatic heterocycles. The van der Waals surface area contributed by atoms with Crippen molar-refractivity contribution in [1.29, 1.82) is 0 Å². The summed E-state index contributed by atoms with van der Waals surface area (Å²) < 4.78 is 11.3. The molecule has 154 valence electrons. The van der Waals surface area contributed by atoms with E-state index in [9.17, 15) is 9.59 Å². The highest BCUT2D eigenvalue weighted by atomic mass is 32.1. The van der Waals surface area contributed by atoms with Crippen molar-refractivity contribution >= 4 is 23.2 Å². The first-order chi connectivity index (χ1) is 14.7. The first-order valence-corrected chi connectivity index (χ1v) is 10.9. The molecule has 0 bridgehead atoms. The van der Waals surface area contributed by atoms with Crippen LogP contribution in [-0.4, -0.2) is 29.9 Å². The number of hydrogen-bond donors (Lipinski definition) is 0. The van der Waals surface area contributed by atoms with Gasteiger partial charge in [0.2, 0.25) is 0 Å². The molecule has 2 heterocycles. The molecule has 2 aromatic carbocycles. The van der Waals surface area contributed by atoms with Gasteiger partial charge in [-0.1, -0.05) is 30.3 Å². The van der Waals surface area contributed by atoms with Crippen LogP contribution < -0.4 is 9.47 Å². The number of carbonyl (C=O) groups is 2. The highest BCUT2D eigenvalue weighted by Crippen LogP contribution is 2.24. The van der Waals surface area contributed by atoms with Crippen molar-refractivity contribution in [2.45, 2.75) is 19.4 Å². The zero-order chi connectivity index (χ0) is 20.8. The lowest BCUT2D eigenvalue weighted by molar-refractivity contribution is -0.140. The first-order valence-electron chi connectivity index (χ1n) is 9.99. The number of carbonyl (C=O) groups excluding carboxylic acids is 2. The number of thiophene rings is 1. The predicted molar refractivity (Wildman–Crippen MR) is 116 cm³/mol. The van der Waals surface area contributed by atoms with Gasteiger partial charge < -0.3 is 14.4 Å². The maximum absolute atomic E-state index is 12.5. The van der Waals surface area contributed by atoms with Crippen molar-refractivity contribution < 1.29 is 19.1 Å². The molecule has 1 fully saturated rings. The van der Waals surface area contributed by atoms with Crippen LogP contribution in [0.3, 0.4) is 0 Å². The number of amides is 1. The van der Waals surface area contributed by atoms with Gasteiger partial charge in [-0.15, -0.1) is 0 Å². The molecule has 0 saturated carbocycles. The van der Waals surface area contributed by atoms with Crippen molar-refractivity contribution in [1.82, 2.24) is 4.90 Å². The van der Waals surface area contributed by atoms with E-state index in [0.29, 0.717) is 38.3 Å². The molecule has 0 aliphatic carbocycles. The predicted octanol–water partition coefficient (Wildman–Crippen LogP) is 4.78. The first kappa shape index (κ1) is 20.2. The van der Waals surface area contributed by atoms with E-state index < -0.39 is 0 Å². The molecule has 1 amide bonds. The van der Waals surface area contributed by atoms with Crippen molar-refractivity contribution in [2.24, 2.45) is 5.92 Å². The molecule has 1 aliphatic rings. The summed E-state index contributed by atoms with van der Waals surface area (Å²) in [5.41, 5.74) is 1.81. The van der Waals surface area contributed by atoms with E-state index in [1.165, 1.54) is 11.3 Å². The summed E-state index contributed by atoms with van der Waals surface area (Å²) >= 11 is 1.51. The van der Waals surface area contributed by atoms with Gasteiger partial charge in [-0.2, -0.15) is 11.3 Å².